The first-order valence-corrected chi connectivity index (χ1v) is 11.6. The molecule has 1 aliphatic carbocycles. The Morgan fingerprint density at radius 3 is 2.72 bits per heavy atom. The van der Waals surface area contributed by atoms with Crippen molar-refractivity contribution < 1.29 is 24.2 Å². The minimum atomic E-state index is -0.695. The van der Waals surface area contributed by atoms with Crippen molar-refractivity contribution in [2.45, 2.75) is 89.1 Å². The second kappa shape index (κ2) is 9.19. The molecule has 3 atom stereocenters. The van der Waals surface area contributed by atoms with Crippen molar-refractivity contribution in [2.24, 2.45) is 0 Å². The van der Waals surface area contributed by atoms with E-state index in [0.29, 0.717) is 24.9 Å². The minimum absolute atomic E-state index is 0.0342. The summed E-state index contributed by atoms with van der Waals surface area (Å²) in [6.45, 7) is 4.70. The van der Waals surface area contributed by atoms with E-state index in [-0.39, 0.29) is 30.4 Å². The van der Waals surface area contributed by atoms with Gasteiger partial charge >= 0.3 is 0 Å². The van der Waals surface area contributed by atoms with E-state index in [1.807, 2.05) is 26.0 Å². The van der Waals surface area contributed by atoms with E-state index in [4.69, 9.17) is 4.74 Å². The summed E-state index contributed by atoms with van der Waals surface area (Å²) in [4.78, 5) is 38.1. The molecule has 3 amide bonds. The first-order valence-electron chi connectivity index (χ1n) is 11.6. The van der Waals surface area contributed by atoms with Crippen LogP contribution >= 0.6 is 0 Å². The molecule has 0 radical (unpaired) electrons. The number of nitrogens with one attached hydrogen (secondary N) is 2. The molecule has 1 saturated carbocycles. The van der Waals surface area contributed by atoms with Crippen molar-refractivity contribution in [2.75, 3.05) is 6.54 Å². The van der Waals surface area contributed by atoms with E-state index >= 15 is 0 Å². The molecule has 1 aromatic carbocycles. The molecule has 3 aliphatic rings. The number of fused-ring (bicyclic) bond motifs is 1. The van der Waals surface area contributed by atoms with Crippen LogP contribution < -0.4 is 15.4 Å². The fourth-order valence-corrected chi connectivity index (χ4v) is 4.83. The molecule has 174 valence electrons. The third-order valence-electron chi connectivity index (χ3n) is 6.63. The molecule has 8 nitrogen and oxygen atoms in total. The summed E-state index contributed by atoms with van der Waals surface area (Å²) in [7, 11) is 0. The Bertz CT molecular complexity index is 894. The highest BCUT2D eigenvalue weighted by molar-refractivity contribution is 6.05. The van der Waals surface area contributed by atoms with Crippen LogP contribution in [0.1, 0.15) is 74.7 Å². The zero-order chi connectivity index (χ0) is 22.9. The van der Waals surface area contributed by atoms with Crippen LogP contribution in [0.3, 0.4) is 0 Å². The third-order valence-corrected chi connectivity index (χ3v) is 6.63. The van der Waals surface area contributed by atoms with Gasteiger partial charge in [-0.3, -0.25) is 19.7 Å². The average Bonchev–Trinajstić information content (AvgIpc) is 3.04. The summed E-state index contributed by atoms with van der Waals surface area (Å²) >= 11 is 0. The fourth-order valence-electron chi connectivity index (χ4n) is 4.83. The van der Waals surface area contributed by atoms with Crippen LogP contribution in [0.15, 0.2) is 18.2 Å². The maximum Gasteiger partial charge on any atom is 0.255 e. The van der Waals surface area contributed by atoms with Crippen LogP contribution in [0.25, 0.3) is 0 Å². The summed E-state index contributed by atoms with van der Waals surface area (Å²) in [5.74, 6) is -0.141. The summed E-state index contributed by atoms with van der Waals surface area (Å²) in [5, 5.41) is 15.8. The van der Waals surface area contributed by atoms with Gasteiger partial charge in [0.1, 0.15) is 17.9 Å². The van der Waals surface area contributed by atoms with Gasteiger partial charge in [-0.1, -0.05) is 6.42 Å². The Balaban J connectivity index is 1.41. The molecular weight excluding hydrogens is 410 g/mol. The standard InChI is InChI=1S/C24H33N3O5/c1-24(2,31)11-12-25-18-5-3-4-6-20(18)32-16-7-8-17-15(13-16)14-27(23(17)30)19-9-10-21(28)26-22(19)29/h7-8,13,18-20,25,31H,3-6,9-12,14H2,1-2H3,(H,26,28,29)/t18-,19?,20+/m1/s1. The highest BCUT2D eigenvalue weighted by Gasteiger charge is 2.39. The molecule has 0 spiro atoms. The predicted molar refractivity (Wildman–Crippen MR) is 118 cm³/mol. The van der Waals surface area contributed by atoms with Crippen LogP contribution in [0.2, 0.25) is 0 Å². The summed E-state index contributed by atoms with van der Waals surface area (Å²) in [6.07, 6.45) is 5.56. The molecule has 2 aliphatic heterocycles. The summed E-state index contributed by atoms with van der Waals surface area (Å²) in [6, 6.07) is 5.12. The van der Waals surface area contributed by atoms with Gasteiger partial charge in [0, 0.05) is 24.6 Å². The Morgan fingerprint density at radius 1 is 1.19 bits per heavy atom. The van der Waals surface area contributed by atoms with Crippen LogP contribution in [0, 0.1) is 0 Å². The van der Waals surface area contributed by atoms with Crippen molar-refractivity contribution >= 4 is 17.7 Å². The van der Waals surface area contributed by atoms with Gasteiger partial charge in [-0.15, -0.1) is 0 Å². The van der Waals surface area contributed by atoms with Gasteiger partial charge in [-0.05, 0) is 76.3 Å². The average molecular weight is 444 g/mol. The molecule has 2 heterocycles. The SMILES string of the molecule is CC(C)(O)CCN[C@@H]1CCCC[C@@H]1Oc1ccc2c(c1)CN(C1CCC(=O)NC1=O)C2=O. The first kappa shape index (κ1) is 22.7. The quantitative estimate of drug-likeness (QED) is 0.556. The number of carbonyl (C=O) groups is 3. The molecule has 8 heteroatoms. The van der Waals surface area contributed by atoms with Gasteiger partial charge in [0.05, 0.1) is 5.60 Å². The van der Waals surface area contributed by atoms with E-state index in [1.54, 1.807) is 11.0 Å². The van der Waals surface area contributed by atoms with Gasteiger partial charge in [0.25, 0.3) is 5.91 Å². The van der Waals surface area contributed by atoms with Crippen LogP contribution in [-0.4, -0.2) is 58.1 Å². The largest absolute Gasteiger partial charge is 0.489 e. The number of hydrogen-bond acceptors (Lipinski definition) is 6. The van der Waals surface area contributed by atoms with Gasteiger partial charge < -0.3 is 20.1 Å². The van der Waals surface area contributed by atoms with E-state index in [1.165, 1.54) is 0 Å². The molecule has 2 fully saturated rings. The summed E-state index contributed by atoms with van der Waals surface area (Å²) < 4.78 is 6.35. The minimum Gasteiger partial charge on any atom is -0.489 e. The second-order valence-corrected chi connectivity index (χ2v) is 9.78. The zero-order valence-corrected chi connectivity index (χ0v) is 18.9. The Hall–Kier alpha value is -2.45. The number of aliphatic hydroxyl groups is 1. The lowest BCUT2D eigenvalue weighted by Crippen LogP contribution is -2.52. The molecule has 1 saturated heterocycles. The number of amides is 3. The summed E-state index contributed by atoms with van der Waals surface area (Å²) in [5.41, 5.74) is 0.740. The number of hydrogen-bond donors (Lipinski definition) is 3. The van der Waals surface area contributed by atoms with Crippen LogP contribution in [0.4, 0.5) is 0 Å². The molecule has 32 heavy (non-hydrogen) atoms. The number of benzene rings is 1. The van der Waals surface area contributed by atoms with Gasteiger partial charge in [0.2, 0.25) is 11.8 Å². The molecule has 4 rings (SSSR count). The maximum absolute atomic E-state index is 12.9. The van der Waals surface area contributed by atoms with Crippen LogP contribution in [-0.2, 0) is 16.1 Å². The second-order valence-electron chi connectivity index (χ2n) is 9.78. The monoisotopic (exact) mass is 443 g/mol. The predicted octanol–water partition coefficient (Wildman–Crippen LogP) is 1.89. The van der Waals surface area contributed by atoms with Gasteiger partial charge in [-0.2, -0.15) is 0 Å². The highest BCUT2D eigenvalue weighted by Crippen LogP contribution is 2.32. The van der Waals surface area contributed by atoms with E-state index in [0.717, 1.165) is 43.5 Å². The molecule has 1 aromatic rings. The van der Waals surface area contributed by atoms with Gasteiger partial charge in [0.15, 0.2) is 0 Å². The molecule has 0 bridgehead atoms. The lowest BCUT2D eigenvalue weighted by Gasteiger charge is -2.33. The number of imide groups is 1. The van der Waals surface area contributed by atoms with Crippen molar-refractivity contribution in [3.63, 3.8) is 0 Å². The van der Waals surface area contributed by atoms with E-state index in [9.17, 15) is 19.5 Å². The van der Waals surface area contributed by atoms with Gasteiger partial charge in [-0.25, -0.2) is 0 Å². The zero-order valence-electron chi connectivity index (χ0n) is 18.9. The van der Waals surface area contributed by atoms with Crippen molar-refractivity contribution in [3.8, 4) is 5.75 Å². The van der Waals surface area contributed by atoms with E-state index in [2.05, 4.69) is 10.6 Å². The number of nitrogens with zero attached hydrogens (tertiary/aromatic N) is 1. The van der Waals surface area contributed by atoms with Crippen molar-refractivity contribution in [1.29, 1.82) is 0 Å². The Labute approximate surface area is 188 Å². The topological polar surface area (TPSA) is 108 Å². The normalized spacial score (nSPS) is 26.2. The number of ether oxygens (including phenoxy) is 1. The lowest BCUT2D eigenvalue weighted by molar-refractivity contribution is -0.136. The van der Waals surface area contributed by atoms with Crippen LogP contribution in [0.5, 0.6) is 5.75 Å². The smallest absolute Gasteiger partial charge is 0.255 e. The van der Waals surface area contributed by atoms with E-state index < -0.39 is 17.6 Å². The highest BCUT2D eigenvalue weighted by atomic mass is 16.5. The molecule has 3 N–H and O–H groups in total. The Kier molecular flexibility index (Phi) is 6.53. The first-order chi connectivity index (χ1) is 15.2. The van der Waals surface area contributed by atoms with Crippen molar-refractivity contribution in [3.05, 3.63) is 29.3 Å². The number of carbonyl (C=O) groups excluding carboxylic acids is 3. The molecule has 1 unspecified atom stereocenters. The number of piperidine rings is 1. The fraction of sp³-hybridized carbons (Fsp3) is 0.625. The number of rotatable bonds is 7. The third kappa shape index (κ3) is 5.13. The van der Waals surface area contributed by atoms with Crippen molar-refractivity contribution in [1.82, 2.24) is 15.5 Å². The lowest BCUT2D eigenvalue weighted by atomic mass is 9.92. The molecule has 0 aromatic heterocycles. The Morgan fingerprint density at radius 2 is 1.97 bits per heavy atom. The maximum atomic E-state index is 12.9. The molecular formula is C24H33N3O5.